The molecule has 0 spiro atoms. The van der Waals surface area contributed by atoms with Crippen LogP contribution < -0.4 is 35.3 Å². The maximum absolute atomic E-state index is 10.7. The Morgan fingerprint density at radius 2 is 2.09 bits per heavy atom. The molecule has 0 aromatic carbocycles. The van der Waals surface area contributed by atoms with Gasteiger partial charge in [0, 0.05) is 5.92 Å². The third-order valence-corrected chi connectivity index (χ3v) is 1.80. The van der Waals surface area contributed by atoms with Crippen LogP contribution in [0.4, 0.5) is 0 Å². The summed E-state index contributed by atoms with van der Waals surface area (Å²) in [5, 5.41) is 0. The van der Waals surface area contributed by atoms with Crippen molar-refractivity contribution in [1.29, 1.82) is 0 Å². The molecule has 2 nitrogen and oxygen atoms in total. The van der Waals surface area contributed by atoms with Crippen LogP contribution in [0.5, 0.6) is 0 Å². The summed E-state index contributed by atoms with van der Waals surface area (Å²) in [4.78, 5) is 10.7. The van der Waals surface area contributed by atoms with E-state index in [4.69, 9.17) is 5.73 Å². The van der Waals surface area contributed by atoms with Crippen molar-refractivity contribution in [3.63, 3.8) is 0 Å². The molecule has 0 aromatic rings. The number of carbonyl (C=O) groups is 1. The number of carbonyl (C=O) groups excluding carboxylic acids is 1. The predicted octanol–water partition coefficient (Wildman–Crippen LogP) is -1.20. The molecule has 11 heavy (non-hydrogen) atoms. The monoisotopic (exact) mass is 167 g/mol. The summed E-state index contributed by atoms with van der Waals surface area (Å²) in [5.74, 6) is -0.0316. The van der Waals surface area contributed by atoms with Gasteiger partial charge in [-0.2, -0.15) is 0 Å². The van der Waals surface area contributed by atoms with E-state index in [2.05, 4.69) is 6.92 Å². The van der Waals surface area contributed by atoms with Crippen molar-refractivity contribution in [2.75, 3.05) is 0 Å². The van der Waals surface area contributed by atoms with Crippen molar-refractivity contribution in [2.24, 2.45) is 11.7 Å². The topological polar surface area (TPSA) is 43.1 Å². The first-order chi connectivity index (χ1) is 4.72. The van der Waals surface area contributed by atoms with Gasteiger partial charge in [0.2, 0.25) is 5.91 Å². The second-order valence-corrected chi connectivity index (χ2v) is 2.65. The molecule has 1 amide bonds. The number of hydrogen-bond donors (Lipinski definition) is 1. The second kappa shape index (κ2) is 8.57. The van der Waals surface area contributed by atoms with Crippen LogP contribution in [0.3, 0.4) is 0 Å². The van der Waals surface area contributed by atoms with Crippen molar-refractivity contribution in [3.05, 3.63) is 0 Å². The molecule has 0 saturated carbocycles. The smallest absolute Gasteiger partial charge is 1.00 e. The molecule has 2 N–H and O–H groups in total. The third kappa shape index (κ3) is 6.85. The number of rotatable bonds is 5. The summed E-state index contributed by atoms with van der Waals surface area (Å²) in [7, 11) is 0. The molecule has 0 aliphatic rings. The zero-order chi connectivity index (χ0) is 7.98. The Bertz CT molecular complexity index is 111. The van der Waals surface area contributed by atoms with Gasteiger partial charge in [0.05, 0.1) is 0 Å². The average molecular weight is 167 g/mol. The molecule has 1 atom stereocenters. The third-order valence-electron chi connectivity index (χ3n) is 1.80. The molecule has 0 bridgehead atoms. The van der Waals surface area contributed by atoms with Gasteiger partial charge >= 0.3 is 29.6 Å². The number of hydrogen-bond acceptors (Lipinski definition) is 1. The number of amides is 1. The van der Waals surface area contributed by atoms with Gasteiger partial charge in [-0.1, -0.05) is 26.7 Å². The maximum Gasteiger partial charge on any atom is 1.00 e. The molecule has 0 saturated heterocycles. The van der Waals surface area contributed by atoms with Crippen LogP contribution in [-0.2, 0) is 4.79 Å². The molecule has 62 valence electrons. The summed E-state index contributed by atoms with van der Waals surface area (Å²) < 4.78 is 0. The van der Waals surface area contributed by atoms with Crippen molar-refractivity contribution < 1.29 is 35.8 Å². The molecule has 0 fully saturated rings. The zero-order valence-electron chi connectivity index (χ0n) is 8.89. The minimum atomic E-state index is -0.143. The summed E-state index contributed by atoms with van der Waals surface area (Å²) in [5.41, 5.74) is 5.15. The van der Waals surface area contributed by atoms with Crippen LogP contribution in [-0.4, -0.2) is 5.91 Å². The first-order valence-electron chi connectivity index (χ1n) is 4.01. The summed E-state index contributed by atoms with van der Waals surface area (Å²) in [6, 6.07) is 0. The van der Waals surface area contributed by atoms with Crippen molar-refractivity contribution >= 4 is 5.91 Å². The normalized spacial score (nSPS) is 11.8. The number of nitrogens with two attached hydrogens (primary N) is 1. The van der Waals surface area contributed by atoms with E-state index in [-0.39, 0.29) is 42.8 Å². The molecule has 0 aliphatic heterocycles. The molecular weight excluding hydrogens is 149 g/mol. The number of unbranched alkanes of at least 4 members (excludes halogenated alkanes) is 1. The molecule has 0 aromatic heterocycles. The van der Waals surface area contributed by atoms with Gasteiger partial charge in [0.25, 0.3) is 0 Å². The van der Waals surface area contributed by atoms with E-state index in [1.54, 1.807) is 0 Å². The predicted molar refractivity (Wildman–Crippen MR) is 43.6 cm³/mol. The summed E-state index contributed by atoms with van der Waals surface area (Å²) >= 11 is 0. The van der Waals surface area contributed by atoms with Gasteiger partial charge in [-0.15, -0.1) is 0 Å². The van der Waals surface area contributed by atoms with Crippen molar-refractivity contribution in [3.8, 4) is 0 Å². The summed E-state index contributed by atoms with van der Waals surface area (Å²) in [6.45, 7) is 4.12. The largest absolute Gasteiger partial charge is 1.00 e. The van der Waals surface area contributed by atoms with Gasteiger partial charge in [0.15, 0.2) is 0 Å². The van der Waals surface area contributed by atoms with Crippen LogP contribution >= 0.6 is 0 Å². The Balaban J connectivity index is -0.000000405. The average Bonchev–Trinajstić information content (AvgIpc) is 1.89. The second-order valence-electron chi connectivity index (χ2n) is 2.65. The first-order valence-corrected chi connectivity index (χ1v) is 4.01. The Kier molecular flexibility index (Phi) is 10.9. The van der Waals surface area contributed by atoms with E-state index in [0.717, 1.165) is 25.7 Å². The standard InChI is InChI=1S/C8H17NO.Na.H/c1-3-5-6-7(4-2)8(9)10;;/h7H,3-6H2,1-2H3,(H2,9,10);;/q;+1;-1. The van der Waals surface area contributed by atoms with E-state index in [0.29, 0.717) is 0 Å². The van der Waals surface area contributed by atoms with E-state index in [1.807, 2.05) is 6.92 Å². The fourth-order valence-corrected chi connectivity index (χ4v) is 0.998. The van der Waals surface area contributed by atoms with Crippen LogP contribution in [0, 0.1) is 5.92 Å². The van der Waals surface area contributed by atoms with Gasteiger partial charge in [-0.3, -0.25) is 4.79 Å². The van der Waals surface area contributed by atoms with Gasteiger partial charge in [0.1, 0.15) is 0 Å². The fourth-order valence-electron chi connectivity index (χ4n) is 0.998. The number of primary amides is 1. The Morgan fingerprint density at radius 3 is 2.36 bits per heavy atom. The Hall–Kier alpha value is 0.470. The molecule has 0 aliphatic carbocycles. The summed E-state index contributed by atoms with van der Waals surface area (Å²) in [6.07, 6.45) is 4.10. The Labute approximate surface area is 92.7 Å². The van der Waals surface area contributed by atoms with Crippen LogP contribution in [0.1, 0.15) is 41.0 Å². The first kappa shape index (κ1) is 14.0. The fraction of sp³-hybridized carbons (Fsp3) is 0.875. The van der Waals surface area contributed by atoms with Gasteiger partial charge < -0.3 is 7.16 Å². The van der Waals surface area contributed by atoms with Gasteiger partial charge in [-0.05, 0) is 12.8 Å². The molecule has 0 heterocycles. The molecule has 3 heteroatoms. The van der Waals surface area contributed by atoms with Gasteiger partial charge in [-0.25, -0.2) is 0 Å². The van der Waals surface area contributed by atoms with E-state index < -0.39 is 0 Å². The van der Waals surface area contributed by atoms with E-state index in [1.165, 1.54) is 0 Å². The zero-order valence-corrected chi connectivity index (χ0v) is 9.89. The minimum Gasteiger partial charge on any atom is -1.00 e. The van der Waals surface area contributed by atoms with Crippen LogP contribution in [0.2, 0.25) is 0 Å². The molecule has 0 radical (unpaired) electrons. The minimum absolute atomic E-state index is 0. The SMILES string of the molecule is CCCCC(CC)C(N)=O.[H-].[Na+]. The van der Waals surface area contributed by atoms with Crippen LogP contribution in [0.15, 0.2) is 0 Å². The van der Waals surface area contributed by atoms with Crippen LogP contribution in [0.25, 0.3) is 0 Å². The quantitative estimate of drug-likeness (QED) is 0.514. The van der Waals surface area contributed by atoms with E-state index >= 15 is 0 Å². The molecular formula is C8H18NNaO. The molecule has 0 rings (SSSR count). The maximum atomic E-state index is 10.7. The van der Waals surface area contributed by atoms with Crippen molar-refractivity contribution in [1.82, 2.24) is 0 Å². The molecule has 1 unspecified atom stereocenters. The van der Waals surface area contributed by atoms with E-state index in [9.17, 15) is 4.79 Å². The Morgan fingerprint density at radius 1 is 1.55 bits per heavy atom. The van der Waals surface area contributed by atoms with Crippen molar-refractivity contribution in [2.45, 2.75) is 39.5 Å².